The lowest BCUT2D eigenvalue weighted by Gasteiger charge is -2.45. The maximum Gasteiger partial charge on any atom is 0.252 e. The fraction of sp³-hybridized carbons (Fsp3) is 0.198. The van der Waals surface area contributed by atoms with Crippen molar-refractivity contribution in [2.75, 3.05) is 9.80 Å². The van der Waals surface area contributed by atoms with Crippen LogP contribution in [0, 0.1) is 6.57 Å². The average Bonchev–Trinajstić information content (AvgIpc) is 0.741. The van der Waals surface area contributed by atoms with E-state index < -0.39 is 0 Å². The first-order chi connectivity index (χ1) is 42.1. The van der Waals surface area contributed by atoms with Crippen molar-refractivity contribution in [2.45, 2.75) is 105 Å². The van der Waals surface area contributed by atoms with E-state index in [4.69, 9.17) is 16.5 Å². The first-order valence-electron chi connectivity index (χ1n) is 30.9. The van der Waals surface area contributed by atoms with Crippen LogP contribution in [-0.4, -0.2) is 21.2 Å². The summed E-state index contributed by atoms with van der Waals surface area (Å²) in [4.78, 5) is 19.8. The summed E-state index contributed by atoms with van der Waals surface area (Å²) in [5.74, 6) is 0.590. The molecule has 0 unspecified atom stereocenters. The maximum atomic E-state index is 8.64. The quantitative estimate of drug-likeness (QED) is 0.118. The van der Waals surface area contributed by atoms with E-state index in [-0.39, 0.29) is 28.4 Å². The molecule has 2 aliphatic rings. The molecule has 4 heterocycles. The van der Waals surface area contributed by atoms with Crippen molar-refractivity contribution in [2.24, 2.45) is 0 Å². The number of benzene rings is 10. The van der Waals surface area contributed by atoms with Gasteiger partial charge in [0.15, 0.2) is 5.82 Å². The van der Waals surface area contributed by atoms with E-state index in [9.17, 15) is 0 Å². The van der Waals surface area contributed by atoms with Crippen molar-refractivity contribution in [3.63, 3.8) is 0 Å². The van der Waals surface area contributed by atoms with E-state index >= 15 is 0 Å². The molecule has 0 aliphatic carbocycles. The van der Waals surface area contributed by atoms with E-state index in [1.807, 2.05) is 48.5 Å². The highest BCUT2D eigenvalue weighted by molar-refractivity contribution is 7.00. The van der Waals surface area contributed by atoms with Gasteiger partial charge in [0, 0.05) is 61.6 Å². The molecule has 2 aliphatic heterocycles. The molecule has 14 rings (SSSR count). The van der Waals surface area contributed by atoms with Gasteiger partial charge in [-0.15, -0.1) is 0 Å². The van der Waals surface area contributed by atoms with Crippen LogP contribution in [0.25, 0.3) is 77.4 Å². The van der Waals surface area contributed by atoms with Crippen LogP contribution in [0.2, 0.25) is 0 Å². The lowest BCUT2D eigenvalue weighted by molar-refractivity contribution is 0.568. The van der Waals surface area contributed by atoms with Crippen molar-refractivity contribution in [3.8, 4) is 50.7 Å². The number of hydrogen-bond donors (Lipinski definition) is 0. The highest BCUT2D eigenvalue weighted by Gasteiger charge is 2.44. The van der Waals surface area contributed by atoms with Gasteiger partial charge >= 0.3 is 0 Å². The van der Waals surface area contributed by atoms with Gasteiger partial charge in [0.1, 0.15) is 0 Å². The zero-order valence-corrected chi connectivity index (χ0v) is 52.6. The van der Waals surface area contributed by atoms with Gasteiger partial charge in [-0.3, -0.25) is 0 Å². The van der Waals surface area contributed by atoms with Crippen molar-refractivity contribution >= 4 is 84.7 Å². The highest BCUT2D eigenvalue weighted by Crippen LogP contribution is 2.49. The lowest BCUT2D eigenvalue weighted by Crippen LogP contribution is -2.61. The molecule has 0 amide bonds. The molecular formula is C81H73BN6. The Morgan fingerprint density at radius 3 is 1.27 bits per heavy atom. The summed E-state index contributed by atoms with van der Waals surface area (Å²) < 4.78 is 2.27. The summed E-state index contributed by atoms with van der Waals surface area (Å²) in [6, 6.07) is 82.1. The third-order valence-electron chi connectivity index (χ3n) is 18.2. The summed E-state index contributed by atoms with van der Waals surface area (Å²) in [6.07, 6.45) is 0. The third kappa shape index (κ3) is 9.67. The van der Waals surface area contributed by atoms with E-state index in [2.05, 4.69) is 278 Å². The molecule has 10 aromatic carbocycles. The van der Waals surface area contributed by atoms with E-state index in [0.717, 1.165) is 78.1 Å². The largest absolute Gasteiger partial charge is 0.319 e. The van der Waals surface area contributed by atoms with Gasteiger partial charge in [0.25, 0.3) is 6.71 Å². The molecule has 2 aromatic heterocycles. The van der Waals surface area contributed by atoms with E-state index in [1.54, 1.807) is 0 Å². The van der Waals surface area contributed by atoms with Crippen molar-refractivity contribution in [1.82, 2.24) is 14.5 Å². The predicted molar refractivity (Wildman–Crippen MR) is 373 cm³/mol. The Kier molecular flexibility index (Phi) is 13.2. The van der Waals surface area contributed by atoms with Crippen molar-refractivity contribution in [1.29, 1.82) is 0 Å². The SMILES string of the molecule is [C-]#[N+]c1ccc(-c2nc(-c3ccccc3)cc(-c3ccccc3)n2)cc1-n1c2ccccc2c2cc(-c3cc4c5c(c3)N(c3cc(C(C)(C)C)cc(C(C)(C)C)c3)c3ccccc3B5c3ccccc3N4c3cc(C(C)(C)C)cc(C(C)(C)C)c3)ccc21. The zero-order chi connectivity index (χ0) is 61.2. The van der Waals surface area contributed by atoms with Crippen LogP contribution in [0.1, 0.15) is 105 Å². The Morgan fingerprint density at radius 1 is 0.352 bits per heavy atom. The maximum absolute atomic E-state index is 8.64. The molecule has 6 nitrogen and oxygen atoms in total. The van der Waals surface area contributed by atoms with E-state index in [0.29, 0.717) is 11.5 Å². The second-order valence-electron chi connectivity index (χ2n) is 28.3. The predicted octanol–water partition coefficient (Wildman–Crippen LogP) is 20.1. The first kappa shape index (κ1) is 56.1. The van der Waals surface area contributed by atoms with E-state index in [1.165, 1.54) is 61.4 Å². The zero-order valence-electron chi connectivity index (χ0n) is 52.6. The Morgan fingerprint density at radius 2 is 0.784 bits per heavy atom. The van der Waals surface area contributed by atoms with Crippen LogP contribution in [0.5, 0.6) is 0 Å². The second kappa shape index (κ2) is 20.7. The Bertz CT molecular complexity index is 4540. The molecule has 0 saturated carbocycles. The van der Waals surface area contributed by atoms with Gasteiger partial charge in [0.05, 0.1) is 34.7 Å². The monoisotopic (exact) mass is 1140 g/mol. The van der Waals surface area contributed by atoms with Gasteiger partial charge in [-0.1, -0.05) is 229 Å². The van der Waals surface area contributed by atoms with Crippen LogP contribution in [0.4, 0.5) is 39.8 Å². The number of hydrogen-bond acceptors (Lipinski definition) is 4. The molecule has 0 N–H and O–H groups in total. The molecular weight excluding hydrogens is 1070 g/mol. The van der Waals surface area contributed by atoms with Crippen LogP contribution >= 0.6 is 0 Å². The molecule has 0 bridgehead atoms. The molecule has 0 radical (unpaired) electrons. The van der Waals surface area contributed by atoms with Crippen LogP contribution in [0.3, 0.4) is 0 Å². The number of aromatic nitrogens is 3. The first-order valence-corrected chi connectivity index (χ1v) is 30.9. The summed E-state index contributed by atoms with van der Waals surface area (Å²) in [6.45, 7) is 36.6. The molecule has 0 fully saturated rings. The van der Waals surface area contributed by atoms with Gasteiger partial charge < -0.3 is 14.4 Å². The molecule has 0 spiro atoms. The Labute approximate surface area is 519 Å². The minimum Gasteiger partial charge on any atom is -0.319 e. The van der Waals surface area contributed by atoms with Crippen LogP contribution < -0.4 is 26.2 Å². The number of nitrogens with zero attached hydrogens (tertiary/aromatic N) is 6. The van der Waals surface area contributed by atoms with Gasteiger partial charge in [-0.25, -0.2) is 14.8 Å². The minimum atomic E-state index is -0.105. The standard InChI is InChI=1S/C81H73BN6/c1-78(2,3)56-44-57(79(4,5)6)47-60(46-56)86-71-34-24-21-31-64(71)82-65-32-22-25-35-72(65)87(61-48-58(80(7,8)9)45-59(49-61)81(10,11)12)75-43-55(42-74(86)76(75)82)53-37-39-70-63(40-53)62-30-20-23-33-69(62)88(70)73-41-54(36-38-66(73)83-13)77-84-67(51-26-16-14-17-27-51)50-68(85-77)52-28-18-15-19-29-52/h14-50H,1-12H3. The Balaban J connectivity index is 1.02. The number of anilines is 6. The molecule has 88 heavy (non-hydrogen) atoms. The summed E-state index contributed by atoms with van der Waals surface area (Å²) in [5, 5.41) is 2.19. The fourth-order valence-electron chi connectivity index (χ4n) is 13.3. The average molecular weight is 1140 g/mol. The smallest absolute Gasteiger partial charge is 0.252 e. The van der Waals surface area contributed by atoms with Gasteiger partial charge in [-0.05, 0) is 150 Å². The molecule has 7 heteroatoms. The van der Waals surface area contributed by atoms with Crippen molar-refractivity contribution < 1.29 is 0 Å². The van der Waals surface area contributed by atoms with Gasteiger partial charge in [0.2, 0.25) is 5.69 Å². The second-order valence-corrected chi connectivity index (χ2v) is 28.3. The fourth-order valence-corrected chi connectivity index (χ4v) is 13.3. The molecule has 0 saturated heterocycles. The summed E-state index contributed by atoms with van der Waals surface area (Å²) >= 11 is 0. The van der Waals surface area contributed by atoms with Crippen molar-refractivity contribution in [3.05, 3.63) is 258 Å². The number of rotatable bonds is 7. The minimum absolute atomic E-state index is 0.0382. The van der Waals surface area contributed by atoms with Crippen LogP contribution in [0.15, 0.2) is 224 Å². The van der Waals surface area contributed by atoms with Gasteiger partial charge in [-0.2, -0.15) is 0 Å². The Hall–Kier alpha value is -9.77. The normalized spacial score (nSPS) is 13.1. The topological polar surface area (TPSA) is 41.6 Å². The molecule has 430 valence electrons. The number of fused-ring (bicyclic) bond motifs is 7. The number of para-hydroxylation sites is 3. The summed E-state index contributed by atoms with van der Waals surface area (Å²) in [5.41, 5.74) is 25.7. The van der Waals surface area contributed by atoms with Crippen LogP contribution in [-0.2, 0) is 21.7 Å². The molecule has 12 aromatic rings. The highest BCUT2D eigenvalue weighted by atomic mass is 15.2. The summed E-state index contributed by atoms with van der Waals surface area (Å²) in [7, 11) is 0. The third-order valence-corrected chi connectivity index (χ3v) is 18.2. The molecule has 0 atom stereocenters. The lowest BCUT2D eigenvalue weighted by atomic mass is 9.33.